The second-order valence-corrected chi connectivity index (χ2v) is 5.47. The average molecular weight is 308 g/mol. The average Bonchev–Trinajstić information content (AvgIpc) is 2.55. The lowest BCUT2D eigenvalue weighted by molar-refractivity contribution is 0.405. The number of rotatable bonds is 4. The van der Waals surface area contributed by atoms with Crippen molar-refractivity contribution in [3.8, 4) is 11.5 Å². The summed E-state index contributed by atoms with van der Waals surface area (Å²) < 4.78 is 10.8. The van der Waals surface area contributed by atoms with Gasteiger partial charge in [0.05, 0.1) is 25.4 Å². The number of benzene rings is 2. The van der Waals surface area contributed by atoms with Gasteiger partial charge in [-0.15, -0.1) is 0 Å². The monoisotopic (exact) mass is 308 g/mol. The molecule has 0 fully saturated rings. The van der Waals surface area contributed by atoms with E-state index in [-0.39, 0.29) is 0 Å². The maximum atomic E-state index is 5.45. The summed E-state index contributed by atoms with van der Waals surface area (Å²) in [6.45, 7) is 4.07. The van der Waals surface area contributed by atoms with Crippen LogP contribution in [0.15, 0.2) is 42.5 Å². The van der Waals surface area contributed by atoms with Crippen LogP contribution >= 0.6 is 0 Å². The van der Waals surface area contributed by atoms with Crippen molar-refractivity contribution in [2.24, 2.45) is 0 Å². The van der Waals surface area contributed by atoms with Gasteiger partial charge in [0, 0.05) is 22.8 Å². The first-order valence-electron chi connectivity index (χ1n) is 7.48. The molecule has 3 aromatic rings. The number of para-hydroxylation sites is 1. The van der Waals surface area contributed by atoms with Gasteiger partial charge in [0.15, 0.2) is 0 Å². The van der Waals surface area contributed by atoms with Gasteiger partial charge in [-0.05, 0) is 37.6 Å². The fourth-order valence-corrected chi connectivity index (χ4v) is 2.68. The van der Waals surface area contributed by atoms with Crippen LogP contribution in [-0.4, -0.2) is 19.2 Å². The summed E-state index contributed by atoms with van der Waals surface area (Å²) in [4.78, 5) is 4.66. The number of nitrogens with zero attached hydrogens (tertiary/aromatic N) is 1. The summed E-state index contributed by atoms with van der Waals surface area (Å²) in [5, 5.41) is 4.55. The van der Waals surface area contributed by atoms with Crippen LogP contribution in [0.5, 0.6) is 11.5 Å². The molecule has 0 spiro atoms. The molecule has 1 aromatic heterocycles. The molecular weight excluding hydrogens is 288 g/mol. The lowest BCUT2D eigenvalue weighted by Gasteiger charge is -2.15. The molecule has 1 heterocycles. The molecule has 4 nitrogen and oxygen atoms in total. The van der Waals surface area contributed by atoms with E-state index < -0.39 is 0 Å². The standard InChI is InChI=1S/C19H20N2O2/c1-12-6-5-7-15-16(10-13(2)20-19(12)15)21-17-11-14(22-3)8-9-18(17)23-4/h5-11H,1-4H3,(H,20,21). The number of ether oxygens (including phenoxy) is 2. The number of hydrogen-bond donors (Lipinski definition) is 1. The van der Waals surface area contributed by atoms with Gasteiger partial charge in [-0.25, -0.2) is 0 Å². The van der Waals surface area contributed by atoms with Crippen LogP contribution in [-0.2, 0) is 0 Å². The Bertz CT molecular complexity index is 859. The predicted molar refractivity (Wildman–Crippen MR) is 94.0 cm³/mol. The van der Waals surface area contributed by atoms with Gasteiger partial charge < -0.3 is 14.8 Å². The molecule has 0 saturated heterocycles. The Kier molecular flexibility index (Phi) is 4.06. The molecule has 2 aromatic carbocycles. The molecular formula is C19H20N2O2. The summed E-state index contributed by atoms with van der Waals surface area (Å²) in [5.41, 5.74) is 5.00. The highest BCUT2D eigenvalue weighted by atomic mass is 16.5. The molecule has 4 heteroatoms. The van der Waals surface area contributed by atoms with E-state index in [1.54, 1.807) is 14.2 Å². The summed E-state index contributed by atoms with van der Waals surface area (Å²) in [5.74, 6) is 1.54. The van der Waals surface area contributed by atoms with Crippen molar-refractivity contribution in [3.63, 3.8) is 0 Å². The smallest absolute Gasteiger partial charge is 0.142 e. The number of hydrogen-bond acceptors (Lipinski definition) is 4. The Morgan fingerprint density at radius 3 is 2.48 bits per heavy atom. The Morgan fingerprint density at radius 2 is 1.74 bits per heavy atom. The molecule has 0 unspecified atom stereocenters. The van der Waals surface area contributed by atoms with Crippen molar-refractivity contribution in [3.05, 3.63) is 53.7 Å². The Hall–Kier alpha value is -2.75. The van der Waals surface area contributed by atoms with Gasteiger partial charge >= 0.3 is 0 Å². The van der Waals surface area contributed by atoms with Crippen LogP contribution in [0, 0.1) is 13.8 Å². The minimum atomic E-state index is 0.765. The van der Waals surface area contributed by atoms with E-state index in [1.165, 1.54) is 0 Å². The second-order valence-electron chi connectivity index (χ2n) is 5.47. The Morgan fingerprint density at radius 1 is 0.913 bits per heavy atom. The van der Waals surface area contributed by atoms with Gasteiger partial charge in [0.1, 0.15) is 11.5 Å². The highest BCUT2D eigenvalue weighted by molar-refractivity contribution is 5.95. The number of aromatic nitrogens is 1. The quantitative estimate of drug-likeness (QED) is 0.764. The molecule has 1 N–H and O–H groups in total. The lowest BCUT2D eigenvalue weighted by Crippen LogP contribution is -1.98. The molecule has 3 rings (SSSR count). The molecule has 0 aliphatic carbocycles. The van der Waals surface area contributed by atoms with Gasteiger partial charge in [0.25, 0.3) is 0 Å². The van der Waals surface area contributed by atoms with E-state index in [2.05, 4.69) is 29.4 Å². The molecule has 0 aliphatic rings. The molecule has 0 bridgehead atoms. The summed E-state index contributed by atoms with van der Waals surface area (Å²) in [6, 6.07) is 13.9. The van der Waals surface area contributed by atoms with E-state index >= 15 is 0 Å². The number of pyridine rings is 1. The van der Waals surface area contributed by atoms with Gasteiger partial charge in [-0.1, -0.05) is 18.2 Å². The van der Waals surface area contributed by atoms with Crippen molar-refractivity contribution in [1.29, 1.82) is 0 Å². The first-order valence-corrected chi connectivity index (χ1v) is 7.48. The topological polar surface area (TPSA) is 43.4 Å². The SMILES string of the molecule is COc1ccc(OC)c(Nc2cc(C)nc3c(C)cccc23)c1. The van der Waals surface area contributed by atoms with Crippen molar-refractivity contribution in [2.45, 2.75) is 13.8 Å². The van der Waals surface area contributed by atoms with Crippen molar-refractivity contribution < 1.29 is 9.47 Å². The van der Waals surface area contributed by atoms with E-state index in [9.17, 15) is 0 Å². The maximum Gasteiger partial charge on any atom is 0.142 e. The van der Waals surface area contributed by atoms with Crippen LogP contribution in [0.2, 0.25) is 0 Å². The minimum absolute atomic E-state index is 0.765. The van der Waals surface area contributed by atoms with Crippen molar-refractivity contribution in [1.82, 2.24) is 4.98 Å². The predicted octanol–water partition coefficient (Wildman–Crippen LogP) is 4.61. The Labute approximate surface area is 136 Å². The van der Waals surface area contributed by atoms with Crippen LogP contribution < -0.4 is 14.8 Å². The van der Waals surface area contributed by atoms with Gasteiger partial charge in [-0.2, -0.15) is 0 Å². The zero-order chi connectivity index (χ0) is 16.4. The third kappa shape index (κ3) is 2.93. The number of fused-ring (bicyclic) bond motifs is 1. The first kappa shape index (κ1) is 15.2. The van der Waals surface area contributed by atoms with Gasteiger partial charge in [0.2, 0.25) is 0 Å². The Balaban J connectivity index is 2.13. The highest BCUT2D eigenvalue weighted by Gasteiger charge is 2.10. The number of methoxy groups -OCH3 is 2. The number of anilines is 2. The van der Waals surface area contributed by atoms with E-state index in [0.717, 1.165) is 45.0 Å². The number of aryl methyl sites for hydroxylation is 2. The highest BCUT2D eigenvalue weighted by Crippen LogP contribution is 2.34. The molecule has 0 aliphatic heterocycles. The molecule has 0 radical (unpaired) electrons. The van der Waals surface area contributed by atoms with Crippen LogP contribution in [0.25, 0.3) is 10.9 Å². The third-order valence-electron chi connectivity index (χ3n) is 3.85. The largest absolute Gasteiger partial charge is 0.497 e. The fraction of sp³-hybridized carbons (Fsp3) is 0.211. The number of nitrogens with one attached hydrogen (secondary N) is 1. The fourth-order valence-electron chi connectivity index (χ4n) is 2.68. The molecule has 118 valence electrons. The van der Waals surface area contributed by atoms with E-state index in [0.29, 0.717) is 0 Å². The van der Waals surface area contributed by atoms with Crippen molar-refractivity contribution in [2.75, 3.05) is 19.5 Å². The van der Waals surface area contributed by atoms with E-state index in [1.807, 2.05) is 37.3 Å². The van der Waals surface area contributed by atoms with Gasteiger partial charge in [-0.3, -0.25) is 4.98 Å². The molecule has 0 saturated carbocycles. The van der Waals surface area contributed by atoms with Crippen LogP contribution in [0.1, 0.15) is 11.3 Å². The zero-order valence-electron chi connectivity index (χ0n) is 13.8. The molecule has 0 atom stereocenters. The van der Waals surface area contributed by atoms with Crippen LogP contribution in [0.4, 0.5) is 11.4 Å². The minimum Gasteiger partial charge on any atom is -0.497 e. The third-order valence-corrected chi connectivity index (χ3v) is 3.85. The zero-order valence-corrected chi connectivity index (χ0v) is 13.8. The molecule has 23 heavy (non-hydrogen) atoms. The van der Waals surface area contributed by atoms with Crippen molar-refractivity contribution >= 4 is 22.3 Å². The maximum absolute atomic E-state index is 5.45. The lowest BCUT2D eigenvalue weighted by atomic mass is 10.1. The summed E-state index contributed by atoms with van der Waals surface area (Å²) in [6.07, 6.45) is 0. The van der Waals surface area contributed by atoms with Crippen LogP contribution in [0.3, 0.4) is 0 Å². The normalized spacial score (nSPS) is 10.6. The first-order chi connectivity index (χ1) is 11.1. The van der Waals surface area contributed by atoms with E-state index in [4.69, 9.17) is 9.47 Å². The molecule has 0 amide bonds. The summed E-state index contributed by atoms with van der Waals surface area (Å²) >= 11 is 0. The second kappa shape index (κ2) is 6.16. The summed E-state index contributed by atoms with van der Waals surface area (Å²) in [7, 11) is 3.31.